The fourth-order valence-corrected chi connectivity index (χ4v) is 4.58. The molecule has 0 radical (unpaired) electrons. The number of nitriles is 2. The normalized spacial score (nSPS) is 11.2. The van der Waals surface area contributed by atoms with Gasteiger partial charge in [0.1, 0.15) is 0 Å². The van der Waals surface area contributed by atoms with Gasteiger partial charge in [-0.25, -0.2) is 0 Å². The van der Waals surface area contributed by atoms with Crippen molar-refractivity contribution < 1.29 is 4.74 Å². The van der Waals surface area contributed by atoms with Crippen LogP contribution >= 0.6 is 0 Å². The molecule has 1 aromatic rings. The molecule has 0 bridgehead atoms. The topological polar surface area (TPSA) is 56.8 Å². The number of benzene rings is 1. The molecule has 0 saturated heterocycles. The maximum absolute atomic E-state index is 8.78. The fourth-order valence-electron chi connectivity index (χ4n) is 1.19. The molecule has 0 amide bonds. The summed E-state index contributed by atoms with van der Waals surface area (Å²) in [5.41, 5.74) is 1.14. The molecule has 0 saturated carbocycles. The fraction of sp³-hybridized carbons (Fsp3) is 0.273. The Kier molecular flexibility index (Phi) is 6.01. The van der Waals surface area contributed by atoms with Crippen molar-refractivity contribution in [1.29, 1.82) is 10.5 Å². The van der Waals surface area contributed by atoms with Crippen molar-refractivity contribution in [3.8, 4) is 15.7 Å². The van der Waals surface area contributed by atoms with Crippen LogP contribution in [-0.4, -0.2) is 37.0 Å². The quantitative estimate of drug-likeness (QED) is 0.762. The van der Waals surface area contributed by atoms with Gasteiger partial charge in [0.2, 0.25) is 0 Å². The van der Waals surface area contributed by atoms with Crippen LogP contribution in [0, 0.1) is 20.5 Å². The van der Waals surface area contributed by atoms with Crippen LogP contribution in [0.15, 0.2) is 24.3 Å². The van der Waals surface area contributed by atoms with E-state index in [1.807, 2.05) is 24.3 Å². The molecule has 1 atom stereocenters. The average molecular weight is 344 g/mol. The van der Waals surface area contributed by atoms with Crippen molar-refractivity contribution in [2.45, 2.75) is 10.1 Å². The summed E-state index contributed by atoms with van der Waals surface area (Å²) in [5.74, 6) is 0.817. The van der Waals surface area contributed by atoms with E-state index >= 15 is 0 Å². The summed E-state index contributed by atoms with van der Waals surface area (Å²) >= 11 is -0.115. The molecule has 0 heterocycles. The molecule has 0 spiro atoms. The van der Waals surface area contributed by atoms with Crippen molar-refractivity contribution in [3.05, 3.63) is 29.8 Å². The summed E-state index contributed by atoms with van der Waals surface area (Å²) in [5, 5.41) is 18.2. The molecule has 1 aromatic carbocycles. The Morgan fingerprint density at radius 3 is 2.44 bits per heavy atom. The molecule has 1 unspecified atom stereocenters. The first-order valence-corrected chi connectivity index (χ1v) is 8.42. The second-order valence-corrected chi connectivity index (χ2v) is 6.63. The minimum absolute atomic E-state index is 0.0246. The minimum atomic E-state index is -0.0901. The standard InChI is InChI=1S/C11H10N2OSe2/c1-14-10-4-2-9(3-5-10)11(16-8-13)6-15-7-12/h2-5,11H,6H2,1H3. The third-order valence-electron chi connectivity index (χ3n) is 1.98. The van der Waals surface area contributed by atoms with E-state index in [2.05, 4.69) is 9.94 Å². The zero-order valence-electron chi connectivity index (χ0n) is 8.71. The van der Waals surface area contributed by atoms with Gasteiger partial charge in [-0.2, -0.15) is 0 Å². The first-order chi connectivity index (χ1) is 7.81. The molecule has 16 heavy (non-hydrogen) atoms. The number of nitrogens with zero attached hydrogens (tertiary/aromatic N) is 2. The Hall–Kier alpha value is -0.961. The molecular formula is C11H10N2OSe2. The predicted octanol–water partition coefficient (Wildman–Crippen LogP) is 1.53. The van der Waals surface area contributed by atoms with Crippen LogP contribution in [0.5, 0.6) is 5.75 Å². The molecule has 5 heteroatoms. The van der Waals surface area contributed by atoms with E-state index < -0.39 is 0 Å². The number of hydrogen-bond acceptors (Lipinski definition) is 3. The molecule has 0 aliphatic heterocycles. The third-order valence-corrected chi connectivity index (χ3v) is 6.11. The van der Waals surface area contributed by atoms with Gasteiger partial charge < -0.3 is 0 Å². The predicted molar refractivity (Wildman–Crippen MR) is 63.3 cm³/mol. The molecule has 82 valence electrons. The SMILES string of the molecule is COc1ccc(C(C[Se]C#N)[Se]C#N)cc1. The van der Waals surface area contributed by atoms with Gasteiger partial charge in [-0.15, -0.1) is 0 Å². The van der Waals surface area contributed by atoms with Crippen LogP contribution < -0.4 is 4.74 Å². The summed E-state index contributed by atoms with van der Waals surface area (Å²) in [6.45, 7) is 0. The van der Waals surface area contributed by atoms with Gasteiger partial charge in [0, 0.05) is 0 Å². The maximum atomic E-state index is 8.78. The van der Waals surface area contributed by atoms with Crippen molar-refractivity contribution in [2.75, 3.05) is 7.11 Å². The van der Waals surface area contributed by atoms with E-state index in [1.165, 1.54) is 0 Å². The zero-order valence-corrected chi connectivity index (χ0v) is 12.1. The molecule has 0 aliphatic rings. The summed E-state index contributed by atoms with van der Waals surface area (Å²) in [7, 11) is 1.63. The number of rotatable bonds is 5. The average Bonchev–Trinajstić information content (AvgIpc) is 2.35. The Morgan fingerprint density at radius 1 is 1.25 bits per heavy atom. The molecule has 0 N–H and O–H groups in total. The molecule has 0 aliphatic carbocycles. The van der Waals surface area contributed by atoms with E-state index in [0.717, 1.165) is 16.6 Å². The van der Waals surface area contributed by atoms with E-state index in [4.69, 9.17) is 15.3 Å². The van der Waals surface area contributed by atoms with Gasteiger partial charge in [0.15, 0.2) is 0 Å². The van der Waals surface area contributed by atoms with Crippen LogP contribution in [-0.2, 0) is 0 Å². The summed E-state index contributed by atoms with van der Waals surface area (Å²) < 4.78 is 5.08. The molecule has 3 nitrogen and oxygen atoms in total. The van der Waals surface area contributed by atoms with E-state index in [9.17, 15) is 0 Å². The molecule has 1 rings (SSSR count). The van der Waals surface area contributed by atoms with Crippen LogP contribution in [0.1, 0.15) is 10.4 Å². The third kappa shape index (κ3) is 3.89. The van der Waals surface area contributed by atoms with Gasteiger partial charge in [-0.05, 0) is 0 Å². The Labute approximate surface area is 108 Å². The molecule has 0 fully saturated rings. The summed E-state index contributed by atoms with van der Waals surface area (Å²) in [6.07, 6.45) is 0. The van der Waals surface area contributed by atoms with Crippen LogP contribution in [0.2, 0.25) is 5.32 Å². The zero-order chi connectivity index (χ0) is 11.8. The van der Waals surface area contributed by atoms with Crippen LogP contribution in [0.3, 0.4) is 0 Å². The van der Waals surface area contributed by atoms with Gasteiger partial charge in [0.25, 0.3) is 0 Å². The number of hydrogen-bond donors (Lipinski definition) is 0. The first-order valence-electron chi connectivity index (χ1n) is 4.51. The van der Waals surface area contributed by atoms with E-state index in [-0.39, 0.29) is 34.7 Å². The van der Waals surface area contributed by atoms with Crippen molar-refractivity contribution in [3.63, 3.8) is 0 Å². The first kappa shape index (κ1) is 13.1. The van der Waals surface area contributed by atoms with Gasteiger partial charge in [-0.1, -0.05) is 0 Å². The van der Waals surface area contributed by atoms with Crippen LogP contribution in [0.4, 0.5) is 0 Å². The summed E-state index contributed by atoms with van der Waals surface area (Å²) in [6, 6.07) is 7.76. The van der Waals surface area contributed by atoms with Crippen molar-refractivity contribution in [2.24, 2.45) is 0 Å². The second-order valence-electron chi connectivity index (χ2n) is 2.87. The Bertz CT molecular complexity index is 405. The van der Waals surface area contributed by atoms with Gasteiger partial charge in [0.05, 0.1) is 0 Å². The van der Waals surface area contributed by atoms with Crippen LogP contribution in [0.25, 0.3) is 0 Å². The monoisotopic (exact) mass is 346 g/mol. The number of methoxy groups -OCH3 is 1. The Morgan fingerprint density at radius 2 is 1.94 bits per heavy atom. The summed E-state index contributed by atoms with van der Waals surface area (Å²) in [4.78, 5) is 4.66. The van der Waals surface area contributed by atoms with Crippen molar-refractivity contribution in [1.82, 2.24) is 0 Å². The van der Waals surface area contributed by atoms with Gasteiger partial charge >= 0.3 is 108 Å². The number of ether oxygens (including phenoxy) is 1. The van der Waals surface area contributed by atoms with E-state index in [1.54, 1.807) is 7.11 Å². The Balaban J connectivity index is 2.76. The molecule has 0 aromatic heterocycles. The molecular weight excluding hydrogens is 334 g/mol. The second kappa shape index (κ2) is 7.33. The van der Waals surface area contributed by atoms with Gasteiger partial charge in [-0.3, -0.25) is 0 Å². The van der Waals surface area contributed by atoms with Crippen molar-refractivity contribution >= 4 is 29.9 Å². The van der Waals surface area contributed by atoms with E-state index in [0.29, 0.717) is 0 Å².